The average Bonchev–Trinajstić information content (AvgIpc) is 1.96. The van der Waals surface area contributed by atoms with Crippen LogP contribution in [0.5, 0.6) is 0 Å². The van der Waals surface area contributed by atoms with Crippen molar-refractivity contribution in [2.24, 2.45) is 0 Å². The van der Waals surface area contributed by atoms with Gasteiger partial charge in [0.2, 0.25) is 0 Å². The molecule has 5 heteroatoms. The largest absolute Gasteiger partial charge is 0.478 e. The van der Waals surface area contributed by atoms with E-state index in [0.717, 1.165) is 6.07 Å². The number of rotatable bonds is 1. The number of aromatic carboxylic acids is 1. The van der Waals surface area contributed by atoms with Gasteiger partial charge in [0, 0.05) is 3.57 Å². The van der Waals surface area contributed by atoms with Crippen LogP contribution >= 0.6 is 34.2 Å². The number of hydrogen-bond donors (Lipinski definition) is 1. The van der Waals surface area contributed by atoms with Gasteiger partial charge in [-0.15, -0.1) is 0 Å². The minimum Gasteiger partial charge on any atom is -0.478 e. The van der Waals surface area contributed by atoms with E-state index in [2.05, 4.69) is 0 Å². The van der Waals surface area contributed by atoms with E-state index in [1.54, 1.807) is 0 Å². The second-order valence-corrected chi connectivity index (χ2v) is 3.62. The predicted molar refractivity (Wildman–Crippen MR) is 51.1 cm³/mol. The van der Waals surface area contributed by atoms with Crippen LogP contribution in [0.3, 0.4) is 0 Å². The molecule has 0 amide bonds. The van der Waals surface area contributed by atoms with Crippen molar-refractivity contribution in [3.63, 3.8) is 0 Å². The highest BCUT2D eigenvalue weighted by molar-refractivity contribution is 14.1. The van der Waals surface area contributed by atoms with Gasteiger partial charge in [0.05, 0.1) is 10.6 Å². The third-order valence-electron chi connectivity index (χ3n) is 1.24. The first kappa shape index (κ1) is 9.73. The van der Waals surface area contributed by atoms with Gasteiger partial charge in [-0.05, 0) is 34.7 Å². The van der Waals surface area contributed by atoms with E-state index >= 15 is 0 Å². The molecule has 0 aliphatic rings. The molecule has 0 heterocycles. The summed E-state index contributed by atoms with van der Waals surface area (Å²) in [7, 11) is 0. The molecule has 0 bridgehead atoms. The molecule has 12 heavy (non-hydrogen) atoms. The Morgan fingerprint density at radius 3 is 2.67 bits per heavy atom. The standard InChI is InChI=1S/C7H3ClFIO2/c8-4-2-5(9)3(7(11)12)1-6(4)10/h1-2H,(H,11,12). The van der Waals surface area contributed by atoms with Gasteiger partial charge in [-0.3, -0.25) is 0 Å². The van der Waals surface area contributed by atoms with Gasteiger partial charge < -0.3 is 5.11 Å². The molecule has 0 fully saturated rings. The second kappa shape index (κ2) is 3.57. The maximum atomic E-state index is 12.8. The third kappa shape index (κ3) is 1.87. The summed E-state index contributed by atoms with van der Waals surface area (Å²) in [5, 5.41) is 8.72. The molecule has 0 aliphatic heterocycles. The Labute approximate surface area is 86.5 Å². The first-order valence-corrected chi connectivity index (χ1v) is 4.36. The van der Waals surface area contributed by atoms with Gasteiger partial charge in [-0.1, -0.05) is 11.6 Å². The Kier molecular flexibility index (Phi) is 2.89. The van der Waals surface area contributed by atoms with Crippen molar-refractivity contribution >= 4 is 40.2 Å². The first-order valence-electron chi connectivity index (χ1n) is 2.90. The summed E-state index contributed by atoms with van der Waals surface area (Å²) in [5.74, 6) is -2.10. The average molecular weight is 300 g/mol. The topological polar surface area (TPSA) is 37.3 Å². The lowest BCUT2D eigenvalue weighted by Crippen LogP contribution is -2.00. The van der Waals surface area contributed by atoms with Crippen LogP contribution in [-0.4, -0.2) is 11.1 Å². The zero-order valence-corrected chi connectivity index (χ0v) is 8.56. The molecule has 0 aromatic heterocycles. The summed E-state index contributed by atoms with van der Waals surface area (Å²) in [6, 6.07) is 2.19. The molecule has 1 N–H and O–H groups in total. The maximum absolute atomic E-state index is 12.8. The van der Waals surface area contributed by atoms with Crippen molar-refractivity contribution in [1.29, 1.82) is 0 Å². The van der Waals surface area contributed by atoms with Crippen molar-refractivity contribution in [2.75, 3.05) is 0 Å². The number of halogens is 3. The molecular formula is C7H3ClFIO2. The van der Waals surface area contributed by atoms with Crippen molar-refractivity contribution in [3.8, 4) is 0 Å². The number of carbonyl (C=O) groups is 1. The molecule has 2 nitrogen and oxygen atoms in total. The molecule has 0 unspecified atom stereocenters. The van der Waals surface area contributed by atoms with E-state index in [-0.39, 0.29) is 10.6 Å². The van der Waals surface area contributed by atoms with Crippen LogP contribution in [0.1, 0.15) is 10.4 Å². The molecule has 1 aromatic carbocycles. The number of carboxylic acid groups (broad SMARTS) is 1. The van der Waals surface area contributed by atoms with Gasteiger partial charge in [0.25, 0.3) is 0 Å². The smallest absolute Gasteiger partial charge is 0.338 e. The molecule has 64 valence electrons. The maximum Gasteiger partial charge on any atom is 0.338 e. The summed E-state index contributed by atoms with van der Waals surface area (Å²) in [6.45, 7) is 0. The molecule has 0 atom stereocenters. The van der Waals surface area contributed by atoms with Crippen molar-refractivity contribution in [3.05, 3.63) is 32.1 Å². The Morgan fingerprint density at radius 2 is 2.17 bits per heavy atom. The highest BCUT2D eigenvalue weighted by Gasteiger charge is 2.12. The molecule has 1 rings (SSSR count). The number of benzene rings is 1. The molecule has 0 saturated carbocycles. The Balaban J connectivity index is 3.33. The van der Waals surface area contributed by atoms with Crippen LogP contribution in [-0.2, 0) is 0 Å². The number of hydrogen-bond acceptors (Lipinski definition) is 1. The summed E-state index contributed by atoms with van der Waals surface area (Å²) in [5.41, 5.74) is -0.358. The molecule has 0 saturated heterocycles. The molecular weight excluding hydrogens is 297 g/mol. The fourth-order valence-corrected chi connectivity index (χ4v) is 1.30. The fraction of sp³-hybridized carbons (Fsp3) is 0. The molecule has 1 aromatic rings. The van der Waals surface area contributed by atoms with Crippen LogP contribution in [0.15, 0.2) is 12.1 Å². The van der Waals surface area contributed by atoms with E-state index in [0.29, 0.717) is 3.57 Å². The third-order valence-corrected chi connectivity index (χ3v) is 2.76. The molecule has 0 radical (unpaired) electrons. The lowest BCUT2D eigenvalue weighted by Gasteiger charge is -1.99. The van der Waals surface area contributed by atoms with Crippen LogP contribution in [0, 0.1) is 9.39 Å². The van der Waals surface area contributed by atoms with Gasteiger partial charge in [-0.25, -0.2) is 9.18 Å². The van der Waals surface area contributed by atoms with Gasteiger partial charge in [0.15, 0.2) is 0 Å². The normalized spacial score (nSPS) is 9.92. The first-order chi connectivity index (χ1) is 5.52. The monoisotopic (exact) mass is 300 g/mol. The predicted octanol–water partition coefficient (Wildman–Crippen LogP) is 2.78. The lowest BCUT2D eigenvalue weighted by molar-refractivity contribution is 0.0692. The summed E-state index contributed by atoms with van der Waals surface area (Å²) >= 11 is 7.39. The molecule has 0 aliphatic carbocycles. The zero-order valence-electron chi connectivity index (χ0n) is 5.64. The van der Waals surface area contributed by atoms with E-state index in [1.165, 1.54) is 6.07 Å². The highest BCUT2D eigenvalue weighted by Crippen LogP contribution is 2.22. The van der Waals surface area contributed by atoms with E-state index in [9.17, 15) is 9.18 Å². The minimum absolute atomic E-state index is 0.220. The number of carboxylic acids is 1. The lowest BCUT2D eigenvalue weighted by atomic mass is 10.2. The fourth-order valence-electron chi connectivity index (χ4n) is 0.686. The van der Waals surface area contributed by atoms with Crippen molar-refractivity contribution in [2.45, 2.75) is 0 Å². The Bertz CT molecular complexity index is 340. The van der Waals surface area contributed by atoms with Crippen molar-refractivity contribution < 1.29 is 14.3 Å². The zero-order chi connectivity index (χ0) is 9.30. The van der Waals surface area contributed by atoms with Crippen molar-refractivity contribution in [1.82, 2.24) is 0 Å². The molecule has 0 spiro atoms. The summed E-state index contributed by atoms with van der Waals surface area (Å²) < 4.78 is 13.3. The quantitative estimate of drug-likeness (QED) is 0.639. The second-order valence-electron chi connectivity index (χ2n) is 2.05. The van der Waals surface area contributed by atoms with E-state index in [4.69, 9.17) is 16.7 Å². The van der Waals surface area contributed by atoms with Crippen LogP contribution in [0.25, 0.3) is 0 Å². The van der Waals surface area contributed by atoms with Gasteiger partial charge in [0.1, 0.15) is 5.82 Å². The summed E-state index contributed by atoms with van der Waals surface area (Å²) in [6.07, 6.45) is 0. The highest BCUT2D eigenvalue weighted by atomic mass is 127. The van der Waals surface area contributed by atoms with Crippen LogP contribution in [0.2, 0.25) is 5.02 Å². The van der Waals surface area contributed by atoms with Crippen LogP contribution < -0.4 is 0 Å². The summed E-state index contributed by atoms with van der Waals surface area (Å²) in [4.78, 5) is 10.4. The van der Waals surface area contributed by atoms with Gasteiger partial charge >= 0.3 is 5.97 Å². The van der Waals surface area contributed by atoms with Crippen LogP contribution in [0.4, 0.5) is 4.39 Å². The van der Waals surface area contributed by atoms with E-state index in [1.807, 2.05) is 22.6 Å². The Hall–Kier alpha value is -0.360. The SMILES string of the molecule is O=C(O)c1cc(I)c(Cl)cc1F. The Morgan fingerprint density at radius 1 is 1.58 bits per heavy atom. The minimum atomic E-state index is -1.29. The van der Waals surface area contributed by atoms with Gasteiger partial charge in [-0.2, -0.15) is 0 Å². The van der Waals surface area contributed by atoms with E-state index < -0.39 is 11.8 Å².